The average Bonchev–Trinajstić information content (AvgIpc) is 3.39. The lowest BCUT2D eigenvalue weighted by molar-refractivity contribution is -0.135. The number of anilines is 2. The van der Waals surface area contributed by atoms with Gasteiger partial charge in [0.2, 0.25) is 15.9 Å². The minimum Gasteiger partial charge on any atom is -0.378 e. The Bertz CT molecular complexity index is 1370. The third-order valence-corrected chi connectivity index (χ3v) is 8.98. The third kappa shape index (κ3) is 4.62. The number of amides is 1. The largest absolute Gasteiger partial charge is 0.378 e. The maximum absolute atomic E-state index is 13.6. The molecule has 2 saturated heterocycles. The fourth-order valence-electron chi connectivity index (χ4n) is 5.02. The van der Waals surface area contributed by atoms with Crippen LogP contribution in [0.5, 0.6) is 0 Å². The summed E-state index contributed by atoms with van der Waals surface area (Å²) in [7, 11) is 0.163. The summed E-state index contributed by atoms with van der Waals surface area (Å²) in [5.41, 5.74) is 2.51. The summed E-state index contributed by atoms with van der Waals surface area (Å²) in [5, 5.41) is 0.883. The summed E-state index contributed by atoms with van der Waals surface area (Å²) in [4.78, 5) is 23.7. The third-order valence-electron chi connectivity index (χ3n) is 7.10. The number of hydrogen-bond acceptors (Lipinski definition) is 6. The molecule has 36 heavy (non-hydrogen) atoms. The number of rotatable bonds is 5. The summed E-state index contributed by atoms with van der Waals surface area (Å²) >= 11 is 0. The Morgan fingerprint density at radius 1 is 1.00 bits per heavy atom. The number of fused-ring (bicyclic) bond motifs is 1. The molecule has 0 spiro atoms. The van der Waals surface area contributed by atoms with Gasteiger partial charge in [-0.05, 0) is 48.9 Å². The van der Waals surface area contributed by atoms with Gasteiger partial charge in [-0.3, -0.25) is 9.78 Å². The van der Waals surface area contributed by atoms with Gasteiger partial charge in [-0.2, -0.15) is 4.31 Å². The molecule has 0 bridgehead atoms. The van der Waals surface area contributed by atoms with Gasteiger partial charge in [0.1, 0.15) is 5.82 Å². The summed E-state index contributed by atoms with van der Waals surface area (Å²) in [5.74, 6) is -0.644. The number of sulfonamides is 1. The van der Waals surface area contributed by atoms with Gasteiger partial charge in [0, 0.05) is 82.4 Å². The molecule has 8 nitrogen and oxygen atoms in total. The zero-order valence-corrected chi connectivity index (χ0v) is 21.3. The first-order chi connectivity index (χ1) is 17.2. The highest BCUT2D eigenvalue weighted by Crippen LogP contribution is 2.29. The van der Waals surface area contributed by atoms with Gasteiger partial charge in [-0.25, -0.2) is 12.8 Å². The van der Waals surface area contributed by atoms with Crippen molar-refractivity contribution in [2.75, 3.05) is 63.2 Å². The van der Waals surface area contributed by atoms with Crippen molar-refractivity contribution >= 4 is 38.2 Å². The number of carbonyl (C=O) groups is 1. The van der Waals surface area contributed by atoms with Crippen molar-refractivity contribution in [3.8, 4) is 0 Å². The van der Waals surface area contributed by atoms with Crippen molar-refractivity contribution in [1.82, 2.24) is 14.2 Å². The van der Waals surface area contributed by atoms with E-state index in [1.807, 2.05) is 30.0 Å². The standard InChI is InChI=1S/C26H30FN5O3S/c1-29(2)21-4-6-22(7-5-21)36(34,35)32-12-10-19(18-32)26(33)31-15-13-30(14-16-31)25-9-11-28-24-17-20(27)3-8-23(24)25/h3-9,11,17,19H,10,12-16,18H2,1-2H3. The van der Waals surface area contributed by atoms with Crippen molar-refractivity contribution in [3.05, 3.63) is 60.5 Å². The molecule has 3 aromatic rings. The Morgan fingerprint density at radius 2 is 1.72 bits per heavy atom. The monoisotopic (exact) mass is 511 g/mol. The molecule has 10 heteroatoms. The van der Waals surface area contributed by atoms with E-state index in [4.69, 9.17) is 0 Å². The second kappa shape index (κ2) is 9.67. The topological polar surface area (TPSA) is 77.1 Å². The van der Waals surface area contributed by atoms with Crippen LogP contribution in [-0.4, -0.2) is 81.9 Å². The van der Waals surface area contributed by atoms with Gasteiger partial charge in [-0.15, -0.1) is 0 Å². The molecule has 2 aliphatic heterocycles. The van der Waals surface area contributed by atoms with Crippen LogP contribution in [-0.2, 0) is 14.8 Å². The lowest BCUT2D eigenvalue weighted by atomic mass is 10.1. The second-order valence-electron chi connectivity index (χ2n) is 9.54. The minimum absolute atomic E-state index is 0.0111. The maximum atomic E-state index is 13.6. The van der Waals surface area contributed by atoms with Crippen LogP contribution >= 0.6 is 0 Å². The molecule has 0 aliphatic carbocycles. The first-order valence-electron chi connectivity index (χ1n) is 12.1. The van der Waals surface area contributed by atoms with Gasteiger partial charge in [0.15, 0.2) is 0 Å². The van der Waals surface area contributed by atoms with E-state index in [-0.39, 0.29) is 29.1 Å². The first-order valence-corrected chi connectivity index (χ1v) is 13.5. The highest BCUT2D eigenvalue weighted by molar-refractivity contribution is 7.89. The van der Waals surface area contributed by atoms with Crippen LogP contribution in [0.15, 0.2) is 59.6 Å². The number of pyridine rings is 1. The van der Waals surface area contributed by atoms with E-state index < -0.39 is 10.0 Å². The minimum atomic E-state index is -3.64. The van der Waals surface area contributed by atoms with Crippen molar-refractivity contribution in [1.29, 1.82) is 0 Å². The van der Waals surface area contributed by atoms with E-state index in [0.29, 0.717) is 44.7 Å². The summed E-state index contributed by atoms with van der Waals surface area (Å²) in [6.45, 7) is 2.95. The van der Waals surface area contributed by atoms with Gasteiger partial charge in [0.25, 0.3) is 0 Å². The van der Waals surface area contributed by atoms with Crippen LogP contribution in [0.2, 0.25) is 0 Å². The van der Waals surface area contributed by atoms with Crippen molar-refractivity contribution in [2.45, 2.75) is 11.3 Å². The fourth-order valence-corrected chi connectivity index (χ4v) is 6.52. The molecule has 1 unspecified atom stereocenters. The molecule has 2 fully saturated rings. The predicted octanol–water partition coefficient (Wildman–Crippen LogP) is 2.80. The molecule has 1 atom stereocenters. The lowest BCUT2D eigenvalue weighted by Crippen LogP contribution is -2.50. The molecule has 2 aromatic carbocycles. The molecule has 3 heterocycles. The van der Waals surface area contributed by atoms with Crippen molar-refractivity contribution in [2.24, 2.45) is 5.92 Å². The molecule has 1 amide bonds. The molecule has 0 radical (unpaired) electrons. The molecule has 2 aliphatic rings. The van der Waals surface area contributed by atoms with E-state index in [2.05, 4.69) is 9.88 Å². The average molecular weight is 512 g/mol. The second-order valence-corrected chi connectivity index (χ2v) is 11.5. The van der Waals surface area contributed by atoms with Gasteiger partial charge >= 0.3 is 0 Å². The van der Waals surface area contributed by atoms with Crippen molar-refractivity contribution in [3.63, 3.8) is 0 Å². The number of aromatic nitrogens is 1. The Labute approximate surface area is 211 Å². The van der Waals surface area contributed by atoms with Gasteiger partial charge < -0.3 is 14.7 Å². The Kier molecular flexibility index (Phi) is 6.57. The molecular weight excluding hydrogens is 481 g/mol. The van der Waals surface area contributed by atoms with Crippen LogP contribution in [0.25, 0.3) is 10.9 Å². The van der Waals surface area contributed by atoms with Crippen LogP contribution in [0.3, 0.4) is 0 Å². The van der Waals surface area contributed by atoms with E-state index in [1.54, 1.807) is 36.5 Å². The maximum Gasteiger partial charge on any atom is 0.243 e. The molecule has 5 rings (SSSR count). The van der Waals surface area contributed by atoms with Crippen LogP contribution in [0.4, 0.5) is 15.8 Å². The smallest absolute Gasteiger partial charge is 0.243 e. The number of benzene rings is 2. The van der Waals surface area contributed by atoms with E-state index in [1.165, 1.54) is 16.4 Å². The summed E-state index contributed by atoms with van der Waals surface area (Å²) < 4.78 is 41.3. The highest BCUT2D eigenvalue weighted by atomic mass is 32.2. The normalized spacial score (nSPS) is 19.1. The summed E-state index contributed by atoms with van der Waals surface area (Å²) in [6, 6.07) is 13.3. The van der Waals surface area contributed by atoms with Crippen LogP contribution in [0.1, 0.15) is 6.42 Å². The number of piperazine rings is 1. The van der Waals surface area contributed by atoms with E-state index in [0.717, 1.165) is 16.8 Å². The molecular formula is C26H30FN5O3S. The molecule has 1 aromatic heterocycles. The molecule has 0 N–H and O–H groups in total. The first kappa shape index (κ1) is 24.5. The van der Waals surface area contributed by atoms with Crippen LogP contribution in [0, 0.1) is 11.7 Å². The van der Waals surface area contributed by atoms with Crippen LogP contribution < -0.4 is 9.80 Å². The SMILES string of the molecule is CN(C)c1ccc(S(=O)(=O)N2CCC(C(=O)N3CCN(c4ccnc5cc(F)ccc45)CC3)C2)cc1. The lowest BCUT2D eigenvalue weighted by Gasteiger charge is -2.37. The molecule has 0 saturated carbocycles. The van der Waals surface area contributed by atoms with Gasteiger partial charge in [0.05, 0.1) is 16.3 Å². The number of halogens is 1. The van der Waals surface area contributed by atoms with E-state index >= 15 is 0 Å². The Hall–Kier alpha value is -3.24. The zero-order chi connectivity index (χ0) is 25.4. The quantitative estimate of drug-likeness (QED) is 0.524. The predicted molar refractivity (Wildman–Crippen MR) is 138 cm³/mol. The number of nitrogens with zero attached hydrogens (tertiary/aromatic N) is 5. The Balaban J connectivity index is 1.21. The molecule has 190 valence electrons. The number of hydrogen-bond donors (Lipinski definition) is 0. The summed E-state index contributed by atoms with van der Waals surface area (Å²) in [6.07, 6.45) is 2.20. The number of carbonyl (C=O) groups excluding carboxylic acids is 1. The van der Waals surface area contributed by atoms with E-state index in [9.17, 15) is 17.6 Å². The Morgan fingerprint density at radius 3 is 2.42 bits per heavy atom. The highest BCUT2D eigenvalue weighted by Gasteiger charge is 2.38. The zero-order valence-electron chi connectivity index (χ0n) is 20.5. The fraction of sp³-hybridized carbons (Fsp3) is 0.385. The van der Waals surface area contributed by atoms with Crippen molar-refractivity contribution < 1.29 is 17.6 Å². The van der Waals surface area contributed by atoms with Gasteiger partial charge in [-0.1, -0.05) is 0 Å².